The zero-order chi connectivity index (χ0) is 16.1. The van der Waals surface area contributed by atoms with Crippen molar-refractivity contribution < 1.29 is 14.3 Å². The van der Waals surface area contributed by atoms with E-state index in [1.807, 2.05) is 13.0 Å². The van der Waals surface area contributed by atoms with Crippen LogP contribution in [0.5, 0.6) is 11.5 Å². The molecule has 0 amide bonds. The van der Waals surface area contributed by atoms with Gasteiger partial charge in [-0.05, 0) is 54.8 Å². The maximum absolute atomic E-state index is 12.1. The predicted molar refractivity (Wildman–Crippen MR) is 87.9 cm³/mol. The van der Waals surface area contributed by atoms with Gasteiger partial charge in [0, 0.05) is 5.02 Å². The van der Waals surface area contributed by atoms with E-state index in [-0.39, 0.29) is 0 Å². The molecule has 0 aliphatic carbocycles. The second-order valence-corrected chi connectivity index (χ2v) is 5.94. The lowest BCUT2D eigenvalue weighted by atomic mass is 10.2. The van der Waals surface area contributed by atoms with Crippen LogP contribution in [0.25, 0.3) is 0 Å². The van der Waals surface area contributed by atoms with Crippen LogP contribution in [-0.2, 0) is 0 Å². The fraction of sp³-hybridized carbons (Fsp3) is 0.278. The van der Waals surface area contributed by atoms with Gasteiger partial charge in [0.2, 0.25) is 0 Å². The summed E-state index contributed by atoms with van der Waals surface area (Å²) in [7, 11) is 0. The second kappa shape index (κ2) is 7.32. The molecule has 0 unspecified atom stereocenters. The Bertz CT molecular complexity index is 648. The highest BCUT2D eigenvalue weighted by Gasteiger charge is 2.10. The smallest absolute Gasteiger partial charge is 0.343 e. The van der Waals surface area contributed by atoms with Crippen LogP contribution in [0.4, 0.5) is 0 Å². The molecule has 0 spiro atoms. The molecular weight excluding hydrogens is 300 g/mol. The van der Waals surface area contributed by atoms with Gasteiger partial charge in [0.05, 0.1) is 12.2 Å². The zero-order valence-electron chi connectivity index (χ0n) is 12.9. The van der Waals surface area contributed by atoms with E-state index in [2.05, 4.69) is 13.8 Å². The van der Waals surface area contributed by atoms with Crippen LogP contribution >= 0.6 is 11.6 Å². The van der Waals surface area contributed by atoms with Gasteiger partial charge >= 0.3 is 5.97 Å². The molecule has 0 saturated heterocycles. The van der Waals surface area contributed by atoms with Gasteiger partial charge in [-0.1, -0.05) is 31.5 Å². The first-order valence-corrected chi connectivity index (χ1v) is 7.54. The number of hydrogen-bond donors (Lipinski definition) is 0. The first-order chi connectivity index (χ1) is 10.5. The molecule has 2 aromatic rings. The average Bonchev–Trinajstić information content (AvgIpc) is 2.49. The molecule has 0 N–H and O–H groups in total. The lowest BCUT2D eigenvalue weighted by Crippen LogP contribution is -2.09. The van der Waals surface area contributed by atoms with Gasteiger partial charge in [0.25, 0.3) is 0 Å². The fourth-order valence-corrected chi connectivity index (χ4v) is 1.92. The third kappa shape index (κ3) is 4.50. The summed E-state index contributed by atoms with van der Waals surface area (Å²) in [6, 6.07) is 12.1. The molecule has 0 radical (unpaired) electrons. The Morgan fingerprint density at radius 2 is 1.73 bits per heavy atom. The molecule has 0 aliphatic heterocycles. The van der Waals surface area contributed by atoms with Gasteiger partial charge in [0.1, 0.15) is 11.5 Å². The molecule has 116 valence electrons. The van der Waals surface area contributed by atoms with Gasteiger partial charge in [0.15, 0.2) is 0 Å². The van der Waals surface area contributed by atoms with Crippen molar-refractivity contribution in [2.45, 2.75) is 20.8 Å². The van der Waals surface area contributed by atoms with Gasteiger partial charge in [-0.25, -0.2) is 4.79 Å². The number of aryl methyl sites for hydroxylation is 1. The lowest BCUT2D eigenvalue weighted by molar-refractivity contribution is 0.0734. The SMILES string of the molecule is Cc1ccc(OC(=O)c2ccc(OCC(C)C)cc2)cc1Cl. The van der Waals surface area contributed by atoms with Crippen LogP contribution in [0, 0.1) is 12.8 Å². The summed E-state index contributed by atoms with van der Waals surface area (Å²) in [5, 5.41) is 0.572. The summed E-state index contributed by atoms with van der Waals surface area (Å²) in [6.45, 7) is 6.70. The normalized spacial score (nSPS) is 10.6. The minimum atomic E-state index is -0.421. The molecule has 2 rings (SSSR count). The van der Waals surface area contributed by atoms with Gasteiger partial charge in [-0.2, -0.15) is 0 Å². The number of rotatable bonds is 5. The van der Waals surface area contributed by atoms with E-state index in [9.17, 15) is 4.79 Å². The van der Waals surface area contributed by atoms with E-state index in [1.165, 1.54) is 0 Å². The molecule has 0 bridgehead atoms. The molecule has 0 fully saturated rings. The van der Waals surface area contributed by atoms with E-state index in [1.54, 1.807) is 36.4 Å². The van der Waals surface area contributed by atoms with Crippen LogP contribution in [0.2, 0.25) is 5.02 Å². The molecule has 0 atom stereocenters. The van der Waals surface area contributed by atoms with Crippen LogP contribution in [-0.4, -0.2) is 12.6 Å². The minimum absolute atomic E-state index is 0.421. The number of ether oxygens (including phenoxy) is 2. The van der Waals surface area contributed by atoms with Crippen molar-refractivity contribution >= 4 is 17.6 Å². The van der Waals surface area contributed by atoms with Crippen molar-refractivity contribution in [3.05, 3.63) is 58.6 Å². The predicted octanol–water partition coefficient (Wildman–Crippen LogP) is 4.90. The maximum atomic E-state index is 12.1. The Balaban J connectivity index is 2.01. The quantitative estimate of drug-likeness (QED) is 0.581. The molecule has 3 nitrogen and oxygen atoms in total. The molecule has 0 aromatic heterocycles. The Morgan fingerprint density at radius 3 is 2.32 bits per heavy atom. The summed E-state index contributed by atoms with van der Waals surface area (Å²) in [5.41, 5.74) is 1.40. The summed E-state index contributed by atoms with van der Waals surface area (Å²) in [6.07, 6.45) is 0. The Morgan fingerprint density at radius 1 is 1.09 bits per heavy atom. The first-order valence-electron chi connectivity index (χ1n) is 7.17. The lowest BCUT2D eigenvalue weighted by Gasteiger charge is -2.09. The maximum Gasteiger partial charge on any atom is 0.343 e. The third-order valence-electron chi connectivity index (χ3n) is 3.03. The van der Waals surface area contributed by atoms with E-state index in [0.29, 0.717) is 28.9 Å². The highest BCUT2D eigenvalue weighted by atomic mass is 35.5. The van der Waals surface area contributed by atoms with Crippen molar-refractivity contribution in [3.63, 3.8) is 0 Å². The Kier molecular flexibility index (Phi) is 5.45. The van der Waals surface area contributed by atoms with Gasteiger partial charge in [-0.3, -0.25) is 0 Å². The zero-order valence-corrected chi connectivity index (χ0v) is 13.7. The van der Waals surface area contributed by atoms with E-state index >= 15 is 0 Å². The highest BCUT2D eigenvalue weighted by molar-refractivity contribution is 6.31. The second-order valence-electron chi connectivity index (χ2n) is 5.53. The van der Waals surface area contributed by atoms with E-state index < -0.39 is 5.97 Å². The number of hydrogen-bond acceptors (Lipinski definition) is 3. The summed E-state index contributed by atoms with van der Waals surface area (Å²) in [4.78, 5) is 12.1. The molecule has 4 heteroatoms. The van der Waals surface area contributed by atoms with Crippen molar-refractivity contribution in [1.82, 2.24) is 0 Å². The summed E-state index contributed by atoms with van der Waals surface area (Å²) in [5.74, 6) is 1.20. The average molecular weight is 319 g/mol. The molecule has 2 aromatic carbocycles. The van der Waals surface area contributed by atoms with Crippen molar-refractivity contribution in [2.24, 2.45) is 5.92 Å². The van der Waals surface area contributed by atoms with Crippen LogP contribution in [0.15, 0.2) is 42.5 Å². The fourth-order valence-electron chi connectivity index (χ4n) is 1.75. The van der Waals surface area contributed by atoms with Crippen LogP contribution in [0.3, 0.4) is 0 Å². The van der Waals surface area contributed by atoms with Crippen molar-refractivity contribution in [1.29, 1.82) is 0 Å². The molecular formula is C18H19ClO3. The van der Waals surface area contributed by atoms with Crippen molar-refractivity contribution in [3.8, 4) is 11.5 Å². The largest absolute Gasteiger partial charge is 0.493 e. The Hall–Kier alpha value is -2.00. The molecule has 22 heavy (non-hydrogen) atoms. The van der Waals surface area contributed by atoms with Crippen molar-refractivity contribution in [2.75, 3.05) is 6.61 Å². The number of carbonyl (C=O) groups excluding carboxylic acids is 1. The summed E-state index contributed by atoms with van der Waals surface area (Å²) >= 11 is 6.02. The molecule has 0 saturated carbocycles. The van der Waals surface area contributed by atoms with Crippen LogP contribution < -0.4 is 9.47 Å². The number of halogens is 1. The minimum Gasteiger partial charge on any atom is -0.493 e. The summed E-state index contributed by atoms with van der Waals surface area (Å²) < 4.78 is 10.9. The number of carbonyl (C=O) groups is 1. The highest BCUT2D eigenvalue weighted by Crippen LogP contribution is 2.23. The van der Waals surface area contributed by atoms with E-state index in [4.69, 9.17) is 21.1 Å². The first kappa shape index (κ1) is 16.4. The van der Waals surface area contributed by atoms with Gasteiger partial charge < -0.3 is 9.47 Å². The standard InChI is InChI=1S/C18H19ClO3/c1-12(2)11-21-15-8-5-14(6-9-15)18(20)22-16-7-4-13(3)17(19)10-16/h4-10,12H,11H2,1-3H3. The monoisotopic (exact) mass is 318 g/mol. The third-order valence-corrected chi connectivity index (χ3v) is 3.43. The van der Waals surface area contributed by atoms with Gasteiger partial charge in [-0.15, -0.1) is 0 Å². The van der Waals surface area contributed by atoms with E-state index in [0.717, 1.165) is 11.3 Å². The van der Waals surface area contributed by atoms with Crippen LogP contribution in [0.1, 0.15) is 29.8 Å². The topological polar surface area (TPSA) is 35.5 Å². The number of benzene rings is 2. The number of esters is 1. The molecule has 0 aliphatic rings. The molecule has 0 heterocycles. The Labute approximate surface area is 135 Å².